The van der Waals surface area contributed by atoms with Gasteiger partial charge < -0.3 is 54.9 Å². The number of pyridine rings is 2. The van der Waals surface area contributed by atoms with Crippen LogP contribution in [0.3, 0.4) is 0 Å². The molecule has 2 amide bonds. The summed E-state index contributed by atoms with van der Waals surface area (Å²) in [7, 11) is 2.83. The highest BCUT2D eigenvalue weighted by molar-refractivity contribution is 14.1. The van der Waals surface area contributed by atoms with Crippen LogP contribution in [0.5, 0.6) is 23.0 Å². The molecule has 2 heterocycles. The number of halogens is 1. The molecule has 8 N–H and O–H groups in total. The fourth-order valence-corrected chi connectivity index (χ4v) is 7.45. The zero-order valence-corrected chi connectivity index (χ0v) is 41.0. The SMILES string of the molecule is COc1cc(OCC(=O)O)ccc1-c1cc(CCN(CC(=O)O)C(=O)O)nc(CN(CCCCCCNC(=O)CI)Cc2cc(-c3ccc(OCC(=O)O)cc3OC)cc(CNC(C(=O)O)C(=O)O)n2)c1. The molecule has 23 nitrogen and oxygen atoms in total. The molecule has 0 atom stereocenters. The van der Waals surface area contributed by atoms with Crippen molar-refractivity contribution < 1.29 is 83.1 Å². The van der Waals surface area contributed by atoms with E-state index in [2.05, 4.69) is 10.6 Å². The minimum absolute atomic E-state index is 0.00620. The molecule has 382 valence electrons. The Labute approximate surface area is 420 Å². The van der Waals surface area contributed by atoms with Crippen LogP contribution in [0.1, 0.15) is 48.5 Å². The first-order valence-corrected chi connectivity index (χ1v) is 23.4. The zero-order valence-electron chi connectivity index (χ0n) is 38.8. The van der Waals surface area contributed by atoms with Crippen LogP contribution in [-0.2, 0) is 54.8 Å². The second-order valence-corrected chi connectivity index (χ2v) is 16.5. The predicted molar refractivity (Wildman–Crippen MR) is 260 cm³/mol. The van der Waals surface area contributed by atoms with E-state index in [0.717, 1.165) is 24.2 Å². The van der Waals surface area contributed by atoms with Gasteiger partial charge in [0.15, 0.2) is 13.2 Å². The van der Waals surface area contributed by atoms with Crippen molar-refractivity contribution in [1.29, 1.82) is 0 Å². The monoisotopic (exact) mass is 1100 g/mol. The Morgan fingerprint density at radius 3 is 1.62 bits per heavy atom. The molecule has 0 aliphatic carbocycles. The molecule has 0 radical (unpaired) electrons. The number of alkyl halides is 1. The number of carboxylic acid groups (broad SMARTS) is 6. The number of unbranched alkanes of at least 4 members (excludes halogenated alkanes) is 3. The Hall–Kier alpha value is -7.32. The fraction of sp³-hybridized carbons (Fsp3) is 0.383. The summed E-state index contributed by atoms with van der Waals surface area (Å²) in [6.07, 6.45) is 1.53. The Morgan fingerprint density at radius 1 is 0.634 bits per heavy atom. The average Bonchev–Trinajstić information content (AvgIpc) is 3.32. The first-order chi connectivity index (χ1) is 33.9. The number of hydrogen-bond acceptors (Lipinski definition) is 15. The van der Waals surface area contributed by atoms with Crippen molar-refractivity contribution in [2.45, 2.75) is 57.8 Å². The molecule has 4 aromatic rings. The number of hydrogen-bond donors (Lipinski definition) is 8. The van der Waals surface area contributed by atoms with Crippen LogP contribution in [-0.4, -0.2) is 156 Å². The van der Waals surface area contributed by atoms with E-state index in [0.29, 0.717) is 74.8 Å². The molecule has 0 fully saturated rings. The smallest absolute Gasteiger partial charge is 0.407 e. The molecule has 0 saturated carbocycles. The molecule has 0 unspecified atom stereocenters. The van der Waals surface area contributed by atoms with Gasteiger partial charge in [0.05, 0.1) is 35.7 Å². The van der Waals surface area contributed by atoms with Crippen LogP contribution in [0.4, 0.5) is 4.79 Å². The minimum atomic E-state index is -1.96. The van der Waals surface area contributed by atoms with Gasteiger partial charge in [-0.15, -0.1) is 0 Å². The maximum Gasteiger partial charge on any atom is 0.407 e. The van der Waals surface area contributed by atoms with Gasteiger partial charge in [-0.3, -0.25) is 34.7 Å². The van der Waals surface area contributed by atoms with Gasteiger partial charge in [0, 0.05) is 68.1 Å². The summed E-state index contributed by atoms with van der Waals surface area (Å²) in [5.74, 6) is -5.97. The number of benzene rings is 2. The lowest BCUT2D eigenvalue weighted by Crippen LogP contribution is -2.43. The second-order valence-electron chi connectivity index (χ2n) is 15.7. The molecule has 2 aromatic heterocycles. The van der Waals surface area contributed by atoms with Crippen LogP contribution in [0, 0.1) is 0 Å². The van der Waals surface area contributed by atoms with Crippen LogP contribution in [0.2, 0.25) is 0 Å². The van der Waals surface area contributed by atoms with E-state index in [9.17, 15) is 54.0 Å². The molecule has 0 bridgehead atoms. The summed E-state index contributed by atoms with van der Waals surface area (Å²) < 4.78 is 22.4. The standard InChI is InChI=1S/C47H55IN6O17/c1-68-38-19-34(70-26-42(58)59)7-9-36(38)28-15-30(11-14-54(47(66)67)25-41(56)57)51-32(17-28)23-53(13-6-4-3-5-12-49-40(55)21-48)24-33-18-29(16-31(52-33)22-50-44(45(62)63)46(64)65)37-10-8-35(20-39(37)69-2)71-27-43(60)61/h7-10,15-20,44,50H,3-6,11-14,21-27H2,1-2H3,(H,49,55)(H,56,57)(H,58,59)(H,60,61)(H,62,63)(H,64,65)(H,66,67). The molecule has 24 heteroatoms. The summed E-state index contributed by atoms with van der Waals surface area (Å²) in [5, 5.41) is 62.0. The summed E-state index contributed by atoms with van der Waals surface area (Å²) in [6, 6.07) is 14.4. The number of carboxylic acids is 5. The number of aromatic nitrogens is 2. The lowest BCUT2D eigenvalue weighted by atomic mass is 10.0. The Balaban J connectivity index is 1.83. The molecular weight excluding hydrogens is 1050 g/mol. The van der Waals surface area contributed by atoms with Crippen molar-refractivity contribution in [3.05, 3.63) is 83.4 Å². The van der Waals surface area contributed by atoms with Gasteiger partial charge in [-0.25, -0.2) is 24.0 Å². The van der Waals surface area contributed by atoms with Crippen molar-refractivity contribution in [3.8, 4) is 45.3 Å². The molecule has 0 aliphatic rings. The normalized spacial score (nSPS) is 10.9. The second kappa shape index (κ2) is 28.4. The number of methoxy groups -OCH3 is 2. The van der Waals surface area contributed by atoms with Crippen LogP contribution < -0.4 is 29.6 Å². The van der Waals surface area contributed by atoms with Gasteiger partial charge in [-0.1, -0.05) is 35.4 Å². The predicted octanol–water partition coefficient (Wildman–Crippen LogP) is 4.10. The van der Waals surface area contributed by atoms with Gasteiger partial charge in [0.25, 0.3) is 0 Å². The summed E-state index contributed by atoms with van der Waals surface area (Å²) in [4.78, 5) is 93.8. The van der Waals surface area contributed by atoms with E-state index in [1.807, 2.05) is 27.5 Å². The molecule has 2 aromatic carbocycles. The highest BCUT2D eigenvalue weighted by Gasteiger charge is 2.26. The van der Waals surface area contributed by atoms with Crippen LogP contribution >= 0.6 is 22.6 Å². The van der Waals surface area contributed by atoms with Gasteiger partial charge in [-0.2, -0.15) is 0 Å². The molecule has 0 saturated heterocycles. The fourth-order valence-electron chi connectivity index (χ4n) is 7.18. The number of carbonyl (C=O) groups excluding carboxylic acids is 1. The van der Waals surface area contributed by atoms with Crippen molar-refractivity contribution in [1.82, 2.24) is 30.4 Å². The van der Waals surface area contributed by atoms with Gasteiger partial charge in [0.2, 0.25) is 11.9 Å². The molecule has 4 rings (SSSR count). The van der Waals surface area contributed by atoms with E-state index in [1.165, 1.54) is 26.4 Å². The topological polar surface area (TPSA) is 334 Å². The first-order valence-electron chi connectivity index (χ1n) is 21.9. The largest absolute Gasteiger partial charge is 0.496 e. The molecule has 0 aliphatic heterocycles. The highest BCUT2D eigenvalue weighted by Crippen LogP contribution is 2.36. The van der Waals surface area contributed by atoms with Crippen molar-refractivity contribution >= 4 is 64.4 Å². The first kappa shape index (κ1) is 56.3. The van der Waals surface area contributed by atoms with Crippen LogP contribution in [0.25, 0.3) is 22.3 Å². The highest BCUT2D eigenvalue weighted by atomic mass is 127. The van der Waals surface area contributed by atoms with E-state index in [-0.39, 0.29) is 55.7 Å². The minimum Gasteiger partial charge on any atom is -0.496 e. The number of nitrogens with one attached hydrogen (secondary N) is 2. The van der Waals surface area contributed by atoms with E-state index < -0.39 is 61.7 Å². The lowest BCUT2D eigenvalue weighted by Gasteiger charge is -2.24. The third-order valence-corrected chi connectivity index (χ3v) is 11.1. The number of ether oxygens (including phenoxy) is 4. The lowest BCUT2D eigenvalue weighted by molar-refractivity contribution is -0.151. The van der Waals surface area contributed by atoms with Gasteiger partial charge in [0.1, 0.15) is 29.5 Å². The quantitative estimate of drug-likeness (QED) is 0.0148. The Bertz CT molecular complexity index is 2510. The number of aliphatic carboxylic acids is 5. The average molecular weight is 1100 g/mol. The van der Waals surface area contributed by atoms with Gasteiger partial charge in [-0.05, 0) is 79.0 Å². The number of amides is 2. The van der Waals surface area contributed by atoms with Crippen molar-refractivity contribution in [2.24, 2.45) is 0 Å². The number of carbonyl (C=O) groups is 7. The summed E-state index contributed by atoms with van der Waals surface area (Å²) >= 11 is 1.99. The van der Waals surface area contributed by atoms with Crippen molar-refractivity contribution in [2.75, 3.05) is 58.0 Å². The van der Waals surface area contributed by atoms with Crippen molar-refractivity contribution in [3.63, 3.8) is 0 Å². The molecule has 71 heavy (non-hydrogen) atoms. The molecular formula is C47H55IN6O17. The number of rotatable bonds is 32. The summed E-state index contributed by atoms with van der Waals surface area (Å²) in [6.45, 7) is -1.20. The third-order valence-electron chi connectivity index (χ3n) is 10.4. The Morgan fingerprint density at radius 2 is 1.14 bits per heavy atom. The van der Waals surface area contributed by atoms with Crippen LogP contribution in [0.15, 0.2) is 60.7 Å². The third kappa shape index (κ3) is 18.8. The summed E-state index contributed by atoms with van der Waals surface area (Å²) in [5.41, 5.74) is 3.77. The van der Waals surface area contributed by atoms with E-state index >= 15 is 0 Å². The maximum absolute atomic E-state index is 12.0. The Kier molecular flexibility index (Phi) is 22.5. The maximum atomic E-state index is 12.0. The zero-order chi connectivity index (χ0) is 52.0. The van der Waals surface area contributed by atoms with Gasteiger partial charge >= 0.3 is 35.9 Å². The van der Waals surface area contributed by atoms with E-state index in [4.69, 9.17) is 39.1 Å². The molecule has 0 spiro atoms. The number of nitrogens with zero attached hydrogens (tertiary/aromatic N) is 4. The van der Waals surface area contributed by atoms with E-state index in [1.54, 1.807) is 48.5 Å².